The maximum Gasteiger partial charge on any atom is 0.233 e. The van der Waals surface area contributed by atoms with E-state index in [1.165, 1.54) is 6.07 Å². The van der Waals surface area contributed by atoms with Gasteiger partial charge < -0.3 is 14.7 Å². The SMILES string of the molecule is O=C(N1CC[C@@]2(CCCO2)[C@@H](O)C1)C1(c2ccccc2F)CC1. The molecule has 0 aromatic heterocycles. The van der Waals surface area contributed by atoms with E-state index in [4.69, 9.17) is 4.74 Å². The molecular weight excluding hydrogens is 297 g/mol. The van der Waals surface area contributed by atoms with Crippen LogP contribution in [-0.4, -0.2) is 47.3 Å². The van der Waals surface area contributed by atoms with Crippen molar-refractivity contribution in [2.24, 2.45) is 0 Å². The summed E-state index contributed by atoms with van der Waals surface area (Å²) in [5.74, 6) is -0.360. The Hall–Kier alpha value is -1.46. The molecule has 124 valence electrons. The normalized spacial score (nSPS) is 32.3. The molecule has 1 aromatic carbocycles. The molecule has 1 aliphatic carbocycles. The van der Waals surface area contributed by atoms with Crippen LogP contribution >= 0.6 is 0 Å². The maximum atomic E-state index is 14.1. The first-order valence-corrected chi connectivity index (χ1v) is 8.44. The van der Waals surface area contributed by atoms with E-state index in [0.717, 1.165) is 12.8 Å². The van der Waals surface area contributed by atoms with E-state index >= 15 is 0 Å². The van der Waals surface area contributed by atoms with Crippen LogP contribution in [0.3, 0.4) is 0 Å². The van der Waals surface area contributed by atoms with E-state index in [1.807, 2.05) is 0 Å². The zero-order valence-electron chi connectivity index (χ0n) is 13.1. The number of carbonyl (C=O) groups excluding carboxylic acids is 1. The van der Waals surface area contributed by atoms with Crippen LogP contribution in [0.4, 0.5) is 4.39 Å². The fourth-order valence-electron chi connectivity index (χ4n) is 4.20. The predicted molar refractivity (Wildman–Crippen MR) is 82.4 cm³/mol. The Morgan fingerprint density at radius 2 is 2.04 bits per heavy atom. The summed E-state index contributed by atoms with van der Waals surface area (Å²) < 4.78 is 19.9. The third-order valence-electron chi connectivity index (χ3n) is 5.78. The quantitative estimate of drug-likeness (QED) is 0.907. The van der Waals surface area contributed by atoms with Crippen LogP contribution in [0.2, 0.25) is 0 Å². The fourth-order valence-corrected chi connectivity index (χ4v) is 4.20. The molecule has 0 unspecified atom stereocenters. The van der Waals surface area contributed by atoms with Crippen LogP contribution < -0.4 is 0 Å². The van der Waals surface area contributed by atoms with Gasteiger partial charge in [-0.15, -0.1) is 0 Å². The Kier molecular flexibility index (Phi) is 3.46. The van der Waals surface area contributed by atoms with Crippen molar-refractivity contribution in [2.45, 2.75) is 49.2 Å². The lowest BCUT2D eigenvalue weighted by molar-refractivity contribution is -0.154. The highest BCUT2D eigenvalue weighted by atomic mass is 19.1. The van der Waals surface area contributed by atoms with E-state index < -0.39 is 17.1 Å². The summed E-state index contributed by atoms with van der Waals surface area (Å²) in [6.45, 7) is 1.55. The maximum absolute atomic E-state index is 14.1. The van der Waals surface area contributed by atoms with Gasteiger partial charge in [-0.2, -0.15) is 0 Å². The van der Waals surface area contributed by atoms with Gasteiger partial charge in [0.05, 0.1) is 11.0 Å². The lowest BCUT2D eigenvalue weighted by Gasteiger charge is -2.43. The van der Waals surface area contributed by atoms with E-state index in [1.54, 1.807) is 23.1 Å². The molecule has 2 aliphatic heterocycles. The molecule has 1 spiro atoms. The van der Waals surface area contributed by atoms with Crippen LogP contribution in [0, 0.1) is 5.82 Å². The van der Waals surface area contributed by atoms with Crippen LogP contribution in [0.5, 0.6) is 0 Å². The zero-order chi connectivity index (χ0) is 16.1. The summed E-state index contributed by atoms with van der Waals surface area (Å²) in [5.41, 5.74) is -0.686. The number of hydrogen-bond acceptors (Lipinski definition) is 3. The highest BCUT2D eigenvalue weighted by molar-refractivity contribution is 5.91. The highest BCUT2D eigenvalue weighted by Gasteiger charge is 2.56. The molecule has 2 saturated heterocycles. The Morgan fingerprint density at radius 1 is 1.26 bits per heavy atom. The standard InChI is InChI=1S/C18H22FNO3/c19-14-5-2-1-4-13(14)17(7-8-17)16(22)20-10-9-18(15(21)12-20)6-3-11-23-18/h1-2,4-5,15,21H,3,6-12H2/t15-,18-/m0/s1. The molecule has 1 saturated carbocycles. The first kappa shape index (κ1) is 15.1. The Labute approximate surface area is 135 Å². The molecule has 2 atom stereocenters. The zero-order valence-corrected chi connectivity index (χ0v) is 13.1. The number of carbonyl (C=O) groups is 1. The number of nitrogens with zero attached hydrogens (tertiary/aromatic N) is 1. The number of rotatable bonds is 2. The summed E-state index contributed by atoms with van der Waals surface area (Å²) in [6.07, 6.45) is 3.19. The Balaban J connectivity index is 1.53. The first-order valence-electron chi connectivity index (χ1n) is 8.44. The van der Waals surface area contributed by atoms with Crippen molar-refractivity contribution < 1.29 is 19.0 Å². The van der Waals surface area contributed by atoms with Crippen molar-refractivity contribution >= 4 is 5.91 Å². The van der Waals surface area contributed by atoms with Gasteiger partial charge >= 0.3 is 0 Å². The minimum Gasteiger partial charge on any atom is -0.388 e. The van der Waals surface area contributed by atoms with E-state index in [0.29, 0.717) is 38.0 Å². The second-order valence-corrected chi connectivity index (χ2v) is 7.10. The fraction of sp³-hybridized carbons (Fsp3) is 0.611. The van der Waals surface area contributed by atoms with Crippen LogP contribution in [0.1, 0.15) is 37.7 Å². The van der Waals surface area contributed by atoms with E-state index in [2.05, 4.69) is 0 Å². The molecule has 4 rings (SSSR count). The third-order valence-corrected chi connectivity index (χ3v) is 5.78. The van der Waals surface area contributed by atoms with Crippen LogP contribution in [0.15, 0.2) is 24.3 Å². The van der Waals surface area contributed by atoms with Crippen LogP contribution in [-0.2, 0) is 14.9 Å². The molecule has 3 aliphatic rings. The smallest absolute Gasteiger partial charge is 0.233 e. The summed E-state index contributed by atoms with van der Waals surface area (Å²) in [6, 6.07) is 6.54. The molecule has 0 radical (unpaired) electrons. The number of aliphatic hydroxyl groups is 1. The van der Waals surface area contributed by atoms with Crippen molar-refractivity contribution in [3.05, 3.63) is 35.6 Å². The number of likely N-dealkylation sites (tertiary alicyclic amines) is 1. The first-order chi connectivity index (χ1) is 11.1. The van der Waals surface area contributed by atoms with Crippen molar-refractivity contribution in [3.8, 4) is 0 Å². The monoisotopic (exact) mass is 319 g/mol. The molecule has 1 aromatic rings. The van der Waals surface area contributed by atoms with Crippen molar-refractivity contribution in [3.63, 3.8) is 0 Å². The molecule has 23 heavy (non-hydrogen) atoms. The number of hydrogen-bond donors (Lipinski definition) is 1. The second kappa shape index (κ2) is 5.28. The predicted octanol–water partition coefficient (Wildman–Crippen LogP) is 2.00. The van der Waals surface area contributed by atoms with Gasteiger partial charge in [0.2, 0.25) is 5.91 Å². The largest absolute Gasteiger partial charge is 0.388 e. The number of piperidine rings is 1. The Bertz CT molecular complexity index is 622. The summed E-state index contributed by atoms with van der Waals surface area (Å²) in [7, 11) is 0. The average Bonchev–Trinajstić information content (AvgIpc) is 3.22. The van der Waals surface area contributed by atoms with Gasteiger partial charge in [0.15, 0.2) is 0 Å². The molecule has 1 amide bonds. The Morgan fingerprint density at radius 3 is 2.65 bits per heavy atom. The molecule has 3 fully saturated rings. The van der Waals surface area contributed by atoms with Gasteiger partial charge in [0.25, 0.3) is 0 Å². The number of benzene rings is 1. The van der Waals surface area contributed by atoms with Gasteiger partial charge in [0.1, 0.15) is 11.9 Å². The number of amides is 1. The van der Waals surface area contributed by atoms with Crippen LogP contribution in [0.25, 0.3) is 0 Å². The number of aliphatic hydroxyl groups excluding tert-OH is 1. The summed E-state index contributed by atoms with van der Waals surface area (Å²) in [5, 5.41) is 10.5. The third kappa shape index (κ3) is 2.29. The van der Waals surface area contributed by atoms with Crippen molar-refractivity contribution in [1.82, 2.24) is 4.90 Å². The highest BCUT2D eigenvalue weighted by Crippen LogP contribution is 2.51. The molecule has 1 N–H and O–H groups in total. The van der Waals surface area contributed by atoms with E-state index in [-0.39, 0.29) is 18.3 Å². The number of halogens is 1. The van der Waals surface area contributed by atoms with Gasteiger partial charge in [-0.25, -0.2) is 4.39 Å². The summed E-state index contributed by atoms with van der Waals surface area (Å²) in [4.78, 5) is 14.7. The number of β-amino-alcohol motifs (C(OH)–C–C–N with tert-alkyl or cyclic N) is 1. The number of ether oxygens (including phenoxy) is 1. The molecule has 0 bridgehead atoms. The van der Waals surface area contributed by atoms with Gasteiger partial charge in [0, 0.05) is 25.3 Å². The minimum atomic E-state index is -0.716. The molecule has 5 heteroatoms. The molecular formula is C18H22FNO3. The molecule has 4 nitrogen and oxygen atoms in total. The minimum absolute atomic E-state index is 0.0468. The van der Waals surface area contributed by atoms with Gasteiger partial charge in [-0.05, 0) is 38.2 Å². The average molecular weight is 319 g/mol. The molecule has 2 heterocycles. The van der Waals surface area contributed by atoms with Crippen molar-refractivity contribution in [1.29, 1.82) is 0 Å². The lowest BCUT2D eigenvalue weighted by atomic mass is 9.84. The summed E-state index contributed by atoms with van der Waals surface area (Å²) >= 11 is 0. The van der Waals surface area contributed by atoms with E-state index in [9.17, 15) is 14.3 Å². The van der Waals surface area contributed by atoms with Gasteiger partial charge in [-0.1, -0.05) is 18.2 Å². The second-order valence-electron chi connectivity index (χ2n) is 7.10. The lowest BCUT2D eigenvalue weighted by Crippen LogP contribution is -2.58. The van der Waals surface area contributed by atoms with Crippen molar-refractivity contribution in [2.75, 3.05) is 19.7 Å². The topological polar surface area (TPSA) is 49.8 Å². The van der Waals surface area contributed by atoms with Gasteiger partial charge in [-0.3, -0.25) is 4.79 Å².